The van der Waals surface area contributed by atoms with Gasteiger partial charge in [-0.2, -0.15) is 5.10 Å². The van der Waals surface area contributed by atoms with Gasteiger partial charge in [0.15, 0.2) is 11.5 Å². The lowest BCUT2D eigenvalue weighted by molar-refractivity contribution is 0.0667. The predicted molar refractivity (Wildman–Crippen MR) is 137 cm³/mol. The van der Waals surface area contributed by atoms with Crippen LogP contribution in [0.15, 0.2) is 56.0 Å². The van der Waals surface area contributed by atoms with Crippen molar-refractivity contribution in [2.45, 2.75) is 20.1 Å². The molecule has 0 aromatic heterocycles. The van der Waals surface area contributed by atoms with Crippen molar-refractivity contribution in [1.29, 1.82) is 0 Å². The molecule has 34 heavy (non-hydrogen) atoms. The van der Waals surface area contributed by atoms with E-state index in [9.17, 15) is 5.11 Å². The summed E-state index contributed by atoms with van der Waals surface area (Å²) in [6.07, 6.45) is 1.01. The molecule has 2 heterocycles. The van der Waals surface area contributed by atoms with Crippen molar-refractivity contribution in [3.63, 3.8) is 0 Å². The molecule has 2 aliphatic rings. The van der Waals surface area contributed by atoms with Crippen molar-refractivity contribution in [3.8, 4) is 11.5 Å². The SMILES string of the molecule is CCOc1cc(Br)c(C)c(/C=N/NC2=NC(Nc3ccccc3)N=C(N3CCOCC3)N2)c1O. The maximum absolute atomic E-state index is 10.6. The van der Waals surface area contributed by atoms with E-state index in [-0.39, 0.29) is 5.75 Å². The number of aromatic hydroxyl groups is 1. The molecule has 1 atom stereocenters. The molecule has 2 aromatic rings. The summed E-state index contributed by atoms with van der Waals surface area (Å²) in [5, 5.41) is 21.5. The minimum absolute atomic E-state index is 0.0332. The summed E-state index contributed by atoms with van der Waals surface area (Å²) >= 11 is 3.51. The number of halogens is 1. The van der Waals surface area contributed by atoms with Crippen molar-refractivity contribution in [3.05, 3.63) is 52.0 Å². The molecule has 0 saturated carbocycles. The molecule has 0 radical (unpaired) electrons. The third kappa shape index (κ3) is 5.78. The summed E-state index contributed by atoms with van der Waals surface area (Å²) in [6, 6.07) is 11.5. The van der Waals surface area contributed by atoms with Crippen LogP contribution in [0.5, 0.6) is 11.5 Å². The van der Waals surface area contributed by atoms with Crippen LogP contribution in [-0.2, 0) is 4.74 Å². The molecule has 4 N–H and O–H groups in total. The number of phenols is 1. The van der Waals surface area contributed by atoms with E-state index < -0.39 is 6.29 Å². The molecule has 0 amide bonds. The number of nitrogens with one attached hydrogen (secondary N) is 3. The number of ether oxygens (including phenoxy) is 2. The Kier molecular flexibility index (Phi) is 7.86. The lowest BCUT2D eigenvalue weighted by Gasteiger charge is -2.32. The number of nitrogens with zero attached hydrogens (tertiary/aromatic N) is 4. The summed E-state index contributed by atoms with van der Waals surface area (Å²) in [7, 11) is 0. The standard InChI is InChI=1S/C23H28BrN7O3/c1-3-34-19-13-18(24)15(2)17(20(19)32)14-25-30-22-27-21(26-16-7-5-4-6-8-16)28-23(29-22)31-9-11-33-12-10-31/h4-8,13-14,21,26,32H,3,9-12H2,1-2H3,(H2,27,28,29,30)/b25-14+. The Morgan fingerprint density at radius 1 is 1.29 bits per heavy atom. The molecule has 180 valence electrons. The zero-order valence-electron chi connectivity index (χ0n) is 19.1. The second-order valence-electron chi connectivity index (χ2n) is 7.59. The molecule has 0 bridgehead atoms. The van der Waals surface area contributed by atoms with Crippen LogP contribution in [0.4, 0.5) is 5.69 Å². The third-order valence-corrected chi connectivity index (χ3v) is 6.10. The summed E-state index contributed by atoms with van der Waals surface area (Å²) in [5.74, 6) is 1.54. The lowest BCUT2D eigenvalue weighted by atomic mass is 10.1. The van der Waals surface area contributed by atoms with E-state index in [0.717, 1.165) is 28.8 Å². The van der Waals surface area contributed by atoms with Gasteiger partial charge in [-0.05, 0) is 37.6 Å². The van der Waals surface area contributed by atoms with Crippen LogP contribution in [0.25, 0.3) is 0 Å². The average Bonchev–Trinajstić information content (AvgIpc) is 2.86. The fourth-order valence-electron chi connectivity index (χ4n) is 3.49. The van der Waals surface area contributed by atoms with Gasteiger partial charge in [0.2, 0.25) is 18.2 Å². The number of phenolic OH excluding ortho intramolecular Hbond substituents is 1. The van der Waals surface area contributed by atoms with Gasteiger partial charge in [-0.1, -0.05) is 34.1 Å². The third-order valence-electron chi connectivity index (χ3n) is 5.28. The zero-order chi connectivity index (χ0) is 23.9. The number of hydrogen-bond acceptors (Lipinski definition) is 10. The summed E-state index contributed by atoms with van der Waals surface area (Å²) in [4.78, 5) is 11.4. The summed E-state index contributed by atoms with van der Waals surface area (Å²) in [5.41, 5.74) is 5.23. The van der Waals surface area contributed by atoms with Gasteiger partial charge in [0.25, 0.3) is 0 Å². The lowest BCUT2D eigenvalue weighted by Crippen LogP contribution is -2.54. The Morgan fingerprint density at radius 2 is 2.06 bits per heavy atom. The van der Waals surface area contributed by atoms with Crippen molar-refractivity contribution in [2.24, 2.45) is 15.1 Å². The van der Waals surface area contributed by atoms with Gasteiger partial charge in [0.1, 0.15) is 0 Å². The first-order chi connectivity index (χ1) is 16.5. The molecule has 0 spiro atoms. The van der Waals surface area contributed by atoms with Crippen LogP contribution in [0.1, 0.15) is 18.1 Å². The molecular weight excluding hydrogens is 502 g/mol. The van der Waals surface area contributed by atoms with Gasteiger partial charge in [0, 0.05) is 28.8 Å². The minimum Gasteiger partial charge on any atom is -0.504 e. The van der Waals surface area contributed by atoms with Crippen molar-refractivity contribution < 1.29 is 14.6 Å². The number of aliphatic imine (C=N–C) groups is 2. The molecular formula is C23H28BrN7O3. The Labute approximate surface area is 206 Å². The monoisotopic (exact) mass is 529 g/mol. The van der Waals surface area contributed by atoms with E-state index in [0.29, 0.717) is 43.1 Å². The molecule has 1 fully saturated rings. The van der Waals surface area contributed by atoms with Crippen LogP contribution in [0.3, 0.4) is 0 Å². The maximum Gasteiger partial charge on any atom is 0.222 e. The predicted octanol–water partition coefficient (Wildman–Crippen LogP) is 2.83. The minimum atomic E-state index is -0.537. The summed E-state index contributed by atoms with van der Waals surface area (Å²) < 4.78 is 11.8. The molecule has 4 rings (SSSR count). The molecule has 1 unspecified atom stereocenters. The van der Waals surface area contributed by atoms with E-state index in [1.54, 1.807) is 12.3 Å². The van der Waals surface area contributed by atoms with Crippen molar-refractivity contribution >= 4 is 39.8 Å². The number of hydrazone groups is 1. The van der Waals surface area contributed by atoms with Gasteiger partial charge in [-0.3, -0.25) is 5.32 Å². The number of morpholine rings is 1. The molecule has 2 aromatic carbocycles. The Balaban J connectivity index is 1.53. The molecule has 0 aliphatic carbocycles. The largest absolute Gasteiger partial charge is 0.504 e. The van der Waals surface area contributed by atoms with Gasteiger partial charge < -0.3 is 24.8 Å². The number of benzene rings is 2. The molecule has 2 aliphatic heterocycles. The van der Waals surface area contributed by atoms with Crippen LogP contribution in [0.2, 0.25) is 0 Å². The van der Waals surface area contributed by atoms with Crippen LogP contribution >= 0.6 is 15.9 Å². The normalized spacial score (nSPS) is 18.2. The second kappa shape index (κ2) is 11.2. The fraction of sp³-hybridized carbons (Fsp3) is 0.348. The highest BCUT2D eigenvalue weighted by Gasteiger charge is 2.23. The van der Waals surface area contributed by atoms with Gasteiger partial charge in [-0.25, -0.2) is 15.4 Å². The number of para-hydroxylation sites is 1. The first kappa shape index (κ1) is 23.8. The van der Waals surface area contributed by atoms with Crippen LogP contribution < -0.4 is 20.8 Å². The zero-order valence-corrected chi connectivity index (χ0v) is 20.7. The topological polar surface area (TPSA) is 115 Å². The molecule has 1 saturated heterocycles. The Bertz CT molecular complexity index is 1090. The second-order valence-corrected chi connectivity index (χ2v) is 8.44. The highest BCUT2D eigenvalue weighted by atomic mass is 79.9. The highest BCUT2D eigenvalue weighted by molar-refractivity contribution is 9.10. The van der Waals surface area contributed by atoms with Crippen molar-refractivity contribution in [2.75, 3.05) is 38.2 Å². The number of guanidine groups is 2. The van der Waals surface area contributed by atoms with E-state index in [1.807, 2.05) is 44.2 Å². The number of anilines is 1. The Hall–Kier alpha value is -3.31. The quantitative estimate of drug-likeness (QED) is 0.336. The first-order valence-corrected chi connectivity index (χ1v) is 11.8. The molecule has 11 heteroatoms. The van der Waals surface area contributed by atoms with E-state index in [1.165, 1.54) is 0 Å². The molecule has 10 nitrogen and oxygen atoms in total. The van der Waals surface area contributed by atoms with Crippen molar-refractivity contribution in [1.82, 2.24) is 15.6 Å². The summed E-state index contributed by atoms with van der Waals surface area (Å²) in [6.45, 7) is 6.93. The van der Waals surface area contributed by atoms with E-state index in [2.05, 4.69) is 47.0 Å². The first-order valence-electron chi connectivity index (χ1n) is 11.1. The fourth-order valence-corrected chi connectivity index (χ4v) is 3.91. The number of rotatable bonds is 6. The van der Waals surface area contributed by atoms with Gasteiger partial charge in [-0.15, -0.1) is 0 Å². The maximum atomic E-state index is 10.6. The van der Waals surface area contributed by atoms with Gasteiger partial charge in [0.05, 0.1) is 26.0 Å². The van der Waals surface area contributed by atoms with Crippen LogP contribution in [0, 0.1) is 6.92 Å². The van der Waals surface area contributed by atoms with Crippen LogP contribution in [-0.4, -0.2) is 67.3 Å². The van der Waals surface area contributed by atoms with Gasteiger partial charge >= 0.3 is 0 Å². The van der Waals surface area contributed by atoms with E-state index in [4.69, 9.17) is 14.5 Å². The smallest absolute Gasteiger partial charge is 0.222 e. The Morgan fingerprint density at radius 3 is 2.79 bits per heavy atom. The number of hydrogen-bond donors (Lipinski definition) is 4. The average molecular weight is 530 g/mol. The highest BCUT2D eigenvalue weighted by Crippen LogP contribution is 2.36. The van der Waals surface area contributed by atoms with E-state index >= 15 is 0 Å².